The van der Waals surface area contributed by atoms with E-state index in [-0.39, 0.29) is 17.8 Å². The number of rotatable bonds is 5. The van der Waals surface area contributed by atoms with Gasteiger partial charge in [0.2, 0.25) is 5.95 Å². The highest BCUT2D eigenvalue weighted by atomic mass is 19.4. The van der Waals surface area contributed by atoms with E-state index in [1.807, 2.05) is 6.07 Å². The number of ether oxygens (including phenoxy) is 1. The molecule has 2 aromatic rings. The minimum atomic E-state index is -4.43. The molecular formula is C21H27F3N6O. The number of hydrogen-bond donors (Lipinski definition) is 1. The van der Waals surface area contributed by atoms with Crippen LogP contribution in [-0.4, -0.2) is 65.8 Å². The lowest BCUT2D eigenvalue weighted by Crippen LogP contribution is -2.43. The molecule has 2 aliphatic heterocycles. The molecule has 0 aliphatic carbocycles. The van der Waals surface area contributed by atoms with Crippen LogP contribution < -0.4 is 10.2 Å². The van der Waals surface area contributed by atoms with Gasteiger partial charge in [0.05, 0.1) is 24.0 Å². The fourth-order valence-corrected chi connectivity index (χ4v) is 4.00. The minimum absolute atomic E-state index is 0.0994. The number of anilines is 3. The number of likely N-dealkylation sites (tertiary alicyclic amines) is 1. The number of nitrogens with one attached hydrogen (secondary N) is 1. The highest BCUT2D eigenvalue weighted by Gasteiger charge is 2.31. The third-order valence-corrected chi connectivity index (χ3v) is 5.76. The van der Waals surface area contributed by atoms with Gasteiger partial charge in [-0.2, -0.15) is 18.2 Å². The molecule has 2 aromatic heterocycles. The molecule has 10 heteroatoms. The smallest absolute Gasteiger partial charge is 0.375 e. The third kappa shape index (κ3) is 5.24. The second-order valence-electron chi connectivity index (χ2n) is 8.13. The molecule has 2 atom stereocenters. The Balaban J connectivity index is 1.65. The summed E-state index contributed by atoms with van der Waals surface area (Å²) in [5.74, 6) is 1.37. The van der Waals surface area contributed by atoms with Crippen LogP contribution in [0, 0.1) is 0 Å². The third-order valence-electron chi connectivity index (χ3n) is 5.76. The Bertz CT molecular complexity index is 909. The fourth-order valence-electron chi connectivity index (χ4n) is 4.00. The van der Waals surface area contributed by atoms with E-state index in [0.717, 1.165) is 50.0 Å². The monoisotopic (exact) mass is 436 g/mol. The zero-order chi connectivity index (χ0) is 22.0. The molecule has 2 fully saturated rings. The van der Waals surface area contributed by atoms with E-state index in [1.54, 1.807) is 0 Å². The Morgan fingerprint density at radius 1 is 1.16 bits per heavy atom. The first-order chi connectivity index (χ1) is 14.8. The van der Waals surface area contributed by atoms with Gasteiger partial charge in [-0.3, -0.25) is 0 Å². The van der Waals surface area contributed by atoms with Gasteiger partial charge in [-0.1, -0.05) is 6.92 Å². The first kappa shape index (κ1) is 21.8. The molecule has 1 N–H and O–H groups in total. The van der Waals surface area contributed by atoms with E-state index >= 15 is 0 Å². The molecule has 4 heterocycles. The van der Waals surface area contributed by atoms with Crippen LogP contribution in [0.3, 0.4) is 0 Å². The van der Waals surface area contributed by atoms with Crippen LogP contribution in [0.4, 0.5) is 30.8 Å². The average Bonchev–Trinajstić information content (AvgIpc) is 3.19. The van der Waals surface area contributed by atoms with Crippen molar-refractivity contribution in [3.8, 4) is 0 Å². The molecule has 0 radical (unpaired) electrons. The predicted molar refractivity (Wildman–Crippen MR) is 112 cm³/mol. The number of likely N-dealkylation sites (N-methyl/N-ethyl adjacent to an activating group) is 1. The fraction of sp³-hybridized carbons (Fsp3) is 0.571. The van der Waals surface area contributed by atoms with E-state index in [4.69, 9.17) is 9.72 Å². The number of alkyl halides is 3. The molecular weight excluding hydrogens is 409 g/mol. The maximum Gasteiger partial charge on any atom is 0.416 e. The van der Waals surface area contributed by atoms with E-state index in [9.17, 15) is 13.2 Å². The van der Waals surface area contributed by atoms with Crippen LogP contribution in [0.5, 0.6) is 0 Å². The molecule has 0 aromatic carbocycles. The molecule has 0 amide bonds. The maximum atomic E-state index is 13.1. The molecule has 0 saturated carbocycles. The first-order valence-electron chi connectivity index (χ1n) is 10.6. The average molecular weight is 436 g/mol. The summed E-state index contributed by atoms with van der Waals surface area (Å²) in [5.41, 5.74) is 0.138. The summed E-state index contributed by atoms with van der Waals surface area (Å²) in [4.78, 5) is 17.8. The standard InChI is InChI=1S/C21H27F3N6O/c1-3-16-13-30(8-9-31-16)20-26-17(14-5-7-29(2)12-14)11-19(28-20)27-18-10-15(4-6-25-18)21(22,23)24/h4,6,10-11,14,16H,3,5,7-9,12-13H2,1-2H3,(H,25,26,27,28). The van der Waals surface area contributed by atoms with Gasteiger partial charge in [-0.15, -0.1) is 0 Å². The van der Waals surface area contributed by atoms with Gasteiger partial charge < -0.3 is 19.9 Å². The van der Waals surface area contributed by atoms with Crippen molar-refractivity contribution >= 4 is 17.6 Å². The number of morpholine rings is 1. The van der Waals surface area contributed by atoms with Crippen LogP contribution in [0.15, 0.2) is 24.4 Å². The number of hydrogen-bond acceptors (Lipinski definition) is 7. The Hall–Kier alpha value is -2.46. The van der Waals surface area contributed by atoms with E-state index in [2.05, 4.69) is 39.1 Å². The quantitative estimate of drug-likeness (QED) is 0.767. The zero-order valence-electron chi connectivity index (χ0n) is 17.7. The summed E-state index contributed by atoms with van der Waals surface area (Å²) >= 11 is 0. The Labute approximate surface area is 179 Å². The Morgan fingerprint density at radius 3 is 2.71 bits per heavy atom. The Morgan fingerprint density at radius 2 is 2.00 bits per heavy atom. The van der Waals surface area contributed by atoms with Crippen molar-refractivity contribution in [1.82, 2.24) is 19.9 Å². The van der Waals surface area contributed by atoms with Gasteiger partial charge in [-0.25, -0.2) is 9.97 Å². The van der Waals surface area contributed by atoms with Gasteiger partial charge in [0.1, 0.15) is 11.6 Å². The minimum Gasteiger partial charge on any atom is -0.375 e. The van der Waals surface area contributed by atoms with Crippen LogP contribution in [-0.2, 0) is 10.9 Å². The van der Waals surface area contributed by atoms with Crippen molar-refractivity contribution in [2.45, 2.75) is 38.0 Å². The maximum absolute atomic E-state index is 13.1. The van der Waals surface area contributed by atoms with Gasteiger partial charge in [0.25, 0.3) is 0 Å². The summed E-state index contributed by atoms with van der Waals surface area (Å²) in [7, 11) is 2.07. The van der Waals surface area contributed by atoms with Crippen molar-refractivity contribution in [1.29, 1.82) is 0 Å². The summed E-state index contributed by atoms with van der Waals surface area (Å²) in [5, 5.41) is 2.96. The number of halogens is 3. The van der Waals surface area contributed by atoms with Gasteiger partial charge >= 0.3 is 6.18 Å². The SMILES string of the molecule is CCC1CN(c2nc(Nc3cc(C(F)(F)F)ccn3)cc(C3CCN(C)C3)n2)CCO1. The lowest BCUT2D eigenvalue weighted by atomic mass is 10.0. The molecule has 2 unspecified atom stereocenters. The van der Waals surface area contributed by atoms with E-state index in [0.29, 0.717) is 31.5 Å². The first-order valence-corrected chi connectivity index (χ1v) is 10.6. The molecule has 0 spiro atoms. The summed E-state index contributed by atoms with van der Waals surface area (Å²) < 4.78 is 45.0. The molecule has 0 bridgehead atoms. The topological polar surface area (TPSA) is 66.4 Å². The van der Waals surface area contributed by atoms with Crippen molar-refractivity contribution in [2.75, 3.05) is 50.1 Å². The normalized spacial score (nSPS) is 22.7. The molecule has 4 rings (SSSR count). The summed E-state index contributed by atoms with van der Waals surface area (Å²) in [6.45, 7) is 5.90. The predicted octanol–water partition coefficient (Wildman–Crippen LogP) is 3.67. The zero-order valence-corrected chi connectivity index (χ0v) is 17.7. The molecule has 2 saturated heterocycles. The highest BCUT2D eigenvalue weighted by molar-refractivity contribution is 5.55. The molecule has 7 nitrogen and oxygen atoms in total. The van der Waals surface area contributed by atoms with Crippen LogP contribution in [0.25, 0.3) is 0 Å². The summed E-state index contributed by atoms with van der Waals surface area (Å²) in [6, 6.07) is 3.77. The molecule has 168 valence electrons. The van der Waals surface area contributed by atoms with Crippen molar-refractivity contribution < 1.29 is 17.9 Å². The van der Waals surface area contributed by atoms with E-state index < -0.39 is 11.7 Å². The van der Waals surface area contributed by atoms with Gasteiger partial charge in [-0.05, 0) is 38.6 Å². The van der Waals surface area contributed by atoms with Gasteiger partial charge in [0, 0.05) is 37.8 Å². The van der Waals surface area contributed by atoms with Crippen LogP contribution in [0.2, 0.25) is 0 Å². The highest BCUT2D eigenvalue weighted by Crippen LogP contribution is 2.32. The van der Waals surface area contributed by atoms with Crippen LogP contribution in [0.1, 0.15) is 36.9 Å². The lowest BCUT2D eigenvalue weighted by molar-refractivity contribution is -0.137. The second-order valence-corrected chi connectivity index (χ2v) is 8.13. The van der Waals surface area contributed by atoms with Crippen LogP contribution >= 0.6 is 0 Å². The molecule has 2 aliphatic rings. The Kier molecular flexibility index (Phi) is 6.29. The van der Waals surface area contributed by atoms with E-state index in [1.165, 1.54) is 0 Å². The number of pyridine rings is 1. The van der Waals surface area contributed by atoms with Crippen molar-refractivity contribution in [3.05, 3.63) is 35.7 Å². The number of nitrogens with zero attached hydrogens (tertiary/aromatic N) is 5. The lowest BCUT2D eigenvalue weighted by Gasteiger charge is -2.33. The molecule has 31 heavy (non-hydrogen) atoms. The number of aromatic nitrogens is 3. The van der Waals surface area contributed by atoms with Gasteiger partial charge in [0.15, 0.2) is 0 Å². The van der Waals surface area contributed by atoms with Crippen molar-refractivity contribution in [2.24, 2.45) is 0 Å². The van der Waals surface area contributed by atoms with Crippen molar-refractivity contribution in [3.63, 3.8) is 0 Å². The second kappa shape index (κ2) is 8.96. The largest absolute Gasteiger partial charge is 0.416 e. The summed E-state index contributed by atoms with van der Waals surface area (Å²) in [6.07, 6.45) is -1.30.